The van der Waals surface area contributed by atoms with E-state index in [0.29, 0.717) is 11.3 Å². The lowest BCUT2D eigenvalue weighted by Gasteiger charge is -2.25. The molecule has 2 rings (SSSR count). The molecule has 1 N–H and O–H groups in total. The van der Waals surface area contributed by atoms with Gasteiger partial charge in [0.1, 0.15) is 0 Å². The highest BCUT2D eigenvalue weighted by atomic mass is 35.5. The number of halogens is 1. The van der Waals surface area contributed by atoms with Crippen molar-refractivity contribution >= 4 is 28.8 Å². The maximum atomic E-state index is 12.1. The molecular formula is C14H20ClNOS. The van der Waals surface area contributed by atoms with Crippen molar-refractivity contribution in [1.82, 2.24) is 5.32 Å². The molecule has 2 unspecified atom stereocenters. The number of carbonyl (C=O) groups is 1. The number of amides is 1. The van der Waals surface area contributed by atoms with Crippen LogP contribution in [0, 0.1) is 5.92 Å². The summed E-state index contributed by atoms with van der Waals surface area (Å²) in [6.45, 7) is 2.85. The standard InChI is InChI=1S/C14H20ClNOS/c1-2-11-6-7-18-13(11)14(17)16-9-10-4-3-5-12(15)8-10/h6-7,10,12H,2-5,8-9H2,1H3,(H,16,17). The summed E-state index contributed by atoms with van der Waals surface area (Å²) >= 11 is 7.69. The van der Waals surface area contributed by atoms with E-state index in [1.807, 2.05) is 11.4 Å². The lowest BCUT2D eigenvalue weighted by Crippen LogP contribution is -2.32. The summed E-state index contributed by atoms with van der Waals surface area (Å²) in [5.41, 5.74) is 1.15. The molecule has 1 fully saturated rings. The lowest BCUT2D eigenvalue weighted by molar-refractivity contribution is 0.0947. The molecule has 1 saturated carbocycles. The highest BCUT2D eigenvalue weighted by Gasteiger charge is 2.21. The van der Waals surface area contributed by atoms with Gasteiger partial charge in [-0.2, -0.15) is 0 Å². The largest absolute Gasteiger partial charge is 0.351 e. The van der Waals surface area contributed by atoms with Crippen LogP contribution >= 0.6 is 22.9 Å². The normalized spacial score (nSPS) is 23.9. The van der Waals surface area contributed by atoms with Gasteiger partial charge >= 0.3 is 0 Å². The van der Waals surface area contributed by atoms with Crippen LogP contribution in [0.4, 0.5) is 0 Å². The van der Waals surface area contributed by atoms with E-state index in [1.165, 1.54) is 24.2 Å². The molecule has 0 radical (unpaired) electrons. The van der Waals surface area contributed by atoms with Crippen LogP contribution in [0.1, 0.15) is 47.8 Å². The molecule has 2 nitrogen and oxygen atoms in total. The lowest BCUT2D eigenvalue weighted by atomic mass is 9.89. The van der Waals surface area contributed by atoms with Crippen molar-refractivity contribution in [3.05, 3.63) is 21.9 Å². The Balaban J connectivity index is 1.84. The maximum absolute atomic E-state index is 12.1. The molecule has 1 aliphatic rings. The topological polar surface area (TPSA) is 29.1 Å². The zero-order chi connectivity index (χ0) is 13.0. The zero-order valence-electron chi connectivity index (χ0n) is 10.7. The molecule has 1 aromatic rings. The minimum Gasteiger partial charge on any atom is -0.351 e. The molecule has 1 aliphatic carbocycles. The highest BCUT2D eigenvalue weighted by molar-refractivity contribution is 7.12. The van der Waals surface area contributed by atoms with Gasteiger partial charge < -0.3 is 5.32 Å². The van der Waals surface area contributed by atoms with Gasteiger partial charge in [0.2, 0.25) is 0 Å². The number of carbonyl (C=O) groups excluding carboxylic acids is 1. The van der Waals surface area contributed by atoms with Gasteiger partial charge in [-0.1, -0.05) is 13.3 Å². The van der Waals surface area contributed by atoms with E-state index >= 15 is 0 Å². The third kappa shape index (κ3) is 3.48. The van der Waals surface area contributed by atoms with Crippen molar-refractivity contribution in [3.63, 3.8) is 0 Å². The first-order valence-electron chi connectivity index (χ1n) is 6.69. The van der Waals surface area contributed by atoms with Crippen LogP contribution in [0.25, 0.3) is 0 Å². The second kappa shape index (κ2) is 6.58. The monoisotopic (exact) mass is 285 g/mol. The molecule has 1 heterocycles. The summed E-state index contributed by atoms with van der Waals surface area (Å²) in [4.78, 5) is 12.9. The summed E-state index contributed by atoms with van der Waals surface area (Å²) in [7, 11) is 0. The van der Waals surface area contributed by atoms with Gasteiger partial charge in [0.15, 0.2) is 0 Å². The van der Waals surface area contributed by atoms with Gasteiger partial charge in [0.05, 0.1) is 4.88 Å². The van der Waals surface area contributed by atoms with E-state index in [2.05, 4.69) is 12.2 Å². The Kier molecular flexibility index (Phi) is 5.07. The first-order chi connectivity index (χ1) is 8.70. The zero-order valence-corrected chi connectivity index (χ0v) is 12.3. The minimum atomic E-state index is 0.0820. The molecule has 0 aromatic carbocycles. The molecule has 4 heteroatoms. The Morgan fingerprint density at radius 3 is 3.11 bits per heavy atom. The van der Waals surface area contributed by atoms with E-state index < -0.39 is 0 Å². The summed E-state index contributed by atoms with van der Waals surface area (Å²) in [5.74, 6) is 0.633. The van der Waals surface area contributed by atoms with Gasteiger partial charge in [-0.25, -0.2) is 0 Å². The number of hydrogen-bond acceptors (Lipinski definition) is 2. The number of alkyl halides is 1. The van der Waals surface area contributed by atoms with Crippen molar-refractivity contribution in [2.45, 2.75) is 44.4 Å². The van der Waals surface area contributed by atoms with Gasteiger partial charge in [0, 0.05) is 11.9 Å². The van der Waals surface area contributed by atoms with Crippen LogP contribution in [0.15, 0.2) is 11.4 Å². The second-order valence-corrected chi connectivity index (χ2v) is 6.50. The molecule has 2 atom stereocenters. The second-order valence-electron chi connectivity index (χ2n) is 4.97. The molecule has 100 valence electrons. The molecule has 18 heavy (non-hydrogen) atoms. The summed E-state index contributed by atoms with van der Waals surface area (Å²) in [6, 6.07) is 2.04. The molecular weight excluding hydrogens is 266 g/mol. The Bertz CT molecular complexity index is 404. The maximum Gasteiger partial charge on any atom is 0.261 e. The first-order valence-corrected chi connectivity index (χ1v) is 8.01. The summed E-state index contributed by atoms with van der Waals surface area (Å²) < 4.78 is 0. The van der Waals surface area contributed by atoms with Gasteiger partial charge in [-0.05, 0) is 48.6 Å². The molecule has 0 aliphatic heterocycles. The molecule has 1 aromatic heterocycles. The Hall–Kier alpha value is -0.540. The van der Waals surface area contributed by atoms with E-state index in [4.69, 9.17) is 11.6 Å². The Morgan fingerprint density at radius 2 is 2.39 bits per heavy atom. The van der Waals surface area contributed by atoms with Crippen LogP contribution in [0.3, 0.4) is 0 Å². The van der Waals surface area contributed by atoms with Gasteiger partial charge in [-0.3, -0.25) is 4.79 Å². The fraction of sp³-hybridized carbons (Fsp3) is 0.643. The van der Waals surface area contributed by atoms with Crippen LogP contribution in [-0.2, 0) is 6.42 Å². The quantitative estimate of drug-likeness (QED) is 0.837. The van der Waals surface area contributed by atoms with Crippen molar-refractivity contribution in [3.8, 4) is 0 Å². The average molecular weight is 286 g/mol. The van der Waals surface area contributed by atoms with Crippen LogP contribution in [-0.4, -0.2) is 17.8 Å². The Labute approximate surface area is 118 Å². The SMILES string of the molecule is CCc1ccsc1C(=O)NCC1CCCC(Cl)C1. The molecule has 0 spiro atoms. The van der Waals surface area contributed by atoms with Gasteiger partial charge in [-0.15, -0.1) is 22.9 Å². The number of thiophene rings is 1. The molecule has 1 amide bonds. The van der Waals surface area contributed by atoms with Crippen molar-refractivity contribution in [1.29, 1.82) is 0 Å². The van der Waals surface area contributed by atoms with Crippen LogP contribution in [0.2, 0.25) is 0 Å². The summed E-state index contributed by atoms with van der Waals surface area (Å²) in [6.07, 6.45) is 5.45. The van der Waals surface area contributed by atoms with Crippen LogP contribution in [0.5, 0.6) is 0 Å². The number of nitrogens with one attached hydrogen (secondary N) is 1. The van der Waals surface area contributed by atoms with Crippen molar-refractivity contribution in [2.24, 2.45) is 5.92 Å². The van der Waals surface area contributed by atoms with Crippen LogP contribution < -0.4 is 5.32 Å². The fourth-order valence-electron chi connectivity index (χ4n) is 2.54. The third-order valence-corrected chi connectivity index (χ3v) is 4.96. The van der Waals surface area contributed by atoms with Crippen molar-refractivity contribution < 1.29 is 4.79 Å². The number of rotatable bonds is 4. The summed E-state index contributed by atoms with van der Waals surface area (Å²) in [5, 5.41) is 5.35. The number of aryl methyl sites for hydroxylation is 1. The predicted molar refractivity (Wildman–Crippen MR) is 77.6 cm³/mol. The van der Waals surface area contributed by atoms with E-state index in [0.717, 1.165) is 36.2 Å². The van der Waals surface area contributed by atoms with E-state index in [9.17, 15) is 4.79 Å². The Morgan fingerprint density at radius 1 is 1.56 bits per heavy atom. The average Bonchev–Trinajstić information content (AvgIpc) is 2.84. The molecule has 0 saturated heterocycles. The van der Waals surface area contributed by atoms with E-state index in [-0.39, 0.29) is 5.91 Å². The molecule has 0 bridgehead atoms. The minimum absolute atomic E-state index is 0.0820. The highest BCUT2D eigenvalue weighted by Crippen LogP contribution is 2.27. The van der Waals surface area contributed by atoms with E-state index in [1.54, 1.807) is 0 Å². The van der Waals surface area contributed by atoms with Crippen molar-refractivity contribution in [2.75, 3.05) is 6.54 Å². The smallest absolute Gasteiger partial charge is 0.261 e. The third-order valence-electron chi connectivity index (χ3n) is 3.60. The number of hydrogen-bond donors (Lipinski definition) is 1. The predicted octanol–water partition coefficient (Wildman–Crippen LogP) is 3.84. The first kappa shape index (κ1) is 13.9. The van der Waals surface area contributed by atoms with Gasteiger partial charge in [0.25, 0.3) is 5.91 Å². The fourth-order valence-corrected chi connectivity index (χ4v) is 3.86.